The second-order valence-electron chi connectivity index (χ2n) is 8.35. The number of carbonyl (C=O) groups is 2. The van der Waals surface area contributed by atoms with Crippen LogP contribution in [-0.4, -0.2) is 68.8 Å². The molecule has 0 atom stereocenters. The third-order valence-electron chi connectivity index (χ3n) is 6.09. The fraction of sp³-hybridized carbons (Fsp3) is 0.333. The molecule has 35 heavy (non-hydrogen) atoms. The molecule has 1 aliphatic heterocycles. The van der Waals surface area contributed by atoms with Gasteiger partial charge in [0.15, 0.2) is 0 Å². The number of para-hydroxylation sites is 1. The first-order valence-electron chi connectivity index (χ1n) is 11.4. The van der Waals surface area contributed by atoms with Gasteiger partial charge in [-0.1, -0.05) is 25.1 Å². The number of amides is 2. The van der Waals surface area contributed by atoms with Crippen LogP contribution in [0.5, 0.6) is 0 Å². The second-order valence-corrected chi connectivity index (χ2v) is 8.35. The molecule has 1 saturated heterocycles. The molecule has 1 N–H and O–H groups in total. The van der Waals surface area contributed by atoms with Crippen LogP contribution in [0.2, 0.25) is 0 Å². The monoisotopic (exact) mass is 478 g/mol. The van der Waals surface area contributed by atoms with Gasteiger partial charge >= 0.3 is 0 Å². The Morgan fingerprint density at radius 2 is 1.83 bits per heavy atom. The minimum Gasteiger partial charge on any atom is -0.339 e. The van der Waals surface area contributed by atoms with Gasteiger partial charge in [0, 0.05) is 44.0 Å². The van der Waals surface area contributed by atoms with Crippen LogP contribution >= 0.6 is 0 Å². The summed E-state index contributed by atoms with van der Waals surface area (Å²) in [6.45, 7) is 4.08. The van der Waals surface area contributed by atoms with Gasteiger partial charge in [-0.2, -0.15) is 0 Å². The molecular formula is C24H26N6O5. The van der Waals surface area contributed by atoms with Gasteiger partial charge in [-0.3, -0.25) is 34.0 Å². The normalized spacial score (nSPS) is 14.1. The first kappa shape index (κ1) is 24.0. The quantitative estimate of drug-likeness (QED) is 0.404. The summed E-state index contributed by atoms with van der Waals surface area (Å²) >= 11 is 0. The molecule has 182 valence electrons. The third kappa shape index (κ3) is 5.52. The summed E-state index contributed by atoms with van der Waals surface area (Å²) in [4.78, 5) is 56.1. The average molecular weight is 479 g/mol. The topological polar surface area (TPSA) is 131 Å². The Kier molecular flexibility index (Phi) is 7.16. The van der Waals surface area contributed by atoms with E-state index in [2.05, 4.69) is 10.3 Å². The number of nitro groups is 1. The van der Waals surface area contributed by atoms with Gasteiger partial charge in [-0.25, -0.2) is 4.98 Å². The van der Waals surface area contributed by atoms with Crippen LogP contribution in [0, 0.1) is 10.1 Å². The number of hydrogen-bond acceptors (Lipinski definition) is 7. The van der Waals surface area contributed by atoms with E-state index in [0.717, 1.165) is 17.7 Å². The molecule has 2 heterocycles. The number of aryl methyl sites for hydroxylation is 1. The van der Waals surface area contributed by atoms with E-state index < -0.39 is 10.5 Å². The van der Waals surface area contributed by atoms with Gasteiger partial charge in [-0.05, 0) is 24.1 Å². The lowest BCUT2D eigenvalue weighted by atomic mass is 10.1. The van der Waals surface area contributed by atoms with Crippen LogP contribution in [-0.2, 0) is 22.6 Å². The molecule has 1 aliphatic rings. The molecule has 3 aromatic rings. The van der Waals surface area contributed by atoms with E-state index in [1.807, 2.05) is 36.1 Å². The van der Waals surface area contributed by atoms with Crippen molar-refractivity contribution >= 4 is 34.1 Å². The fourth-order valence-electron chi connectivity index (χ4n) is 4.12. The number of carbonyl (C=O) groups excluding carboxylic acids is 2. The molecule has 1 fully saturated rings. The number of non-ortho nitro benzene ring substituents is 1. The Morgan fingerprint density at radius 3 is 2.54 bits per heavy atom. The number of hydrogen-bond donors (Lipinski definition) is 1. The van der Waals surface area contributed by atoms with Crippen molar-refractivity contribution in [1.82, 2.24) is 19.4 Å². The zero-order valence-corrected chi connectivity index (χ0v) is 19.3. The number of anilines is 1. The molecule has 2 aromatic carbocycles. The predicted molar refractivity (Wildman–Crippen MR) is 130 cm³/mol. The van der Waals surface area contributed by atoms with Gasteiger partial charge in [0.05, 0.1) is 28.7 Å². The SMILES string of the molecule is CCc1ccccc1NC(=O)CN1CCN(C(=O)Cn2cnc3cc([N+](=O)[O-])ccc3c2=O)CC1. The molecular weight excluding hydrogens is 452 g/mol. The van der Waals surface area contributed by atoms with Crippen LogP contribution in [0.4, 0.5) is 11.4 Å². The van der Waals surface area contributed by atoms with Gasteiger partial charge in [-0.15, -0.1) is 0 Å². The number of rotatable bonds is 7. The minimum absolute atomic E-state index is 0.0975. The van der Waals surface area contributed by atoms with E-state index in [-0.39, 0.29) is 41.5 Å². The number of fused-ring (bicyclic) bond motifs is 1. The summed E-state index contributed by atoms with van der Waals surface area (Å²) in [7, 11) is 0. The molecule has 0 spiro atoms. The third-order valence-corrected chi connectivity index (χ3v) is 6.09. The zero-order chi connectivity index (χ0) is 24.9. The van der Waals surface area contributed by atoms with Crippen molar-refractivity contribution in [1.29, 1.82) is 0 Å². The number of piperazine rings is 1. The molecule has 4 rings (SSSR count). The lowest BCUT2D eigenvalue weighted by molar-refractivity contribution is -0.384. The highest BCUT2D eigenvalue weighted by molar-refractivity contribution is 5.93. The molecule has 0 radical (unpaired) electrons. The van der Waals surface area contributed by atoms with Gasteiger partial charge in [0.2, 0.25) is 11.8 Å². The van der Waals surface area contributed by atoms with Crippen molar-refractivity contribution in [2.45, 2.75) is 19.9 Å². The van der Waals surface area contributed by atoms with Crippen molar-refractivity contribution in [3.63, 3.8) is 0 Å². The first-order chi connectivity index (χ1) is 16.9. The Hall–Kier alpha value is -4.12. The average Bonchev–Trinajstić information content (AvgIpc) is 2.86. The number of nitrogens with one attached hydrogen (secondary N) is 1. The Labute approximate surface area is 201 Å². The summed E-state index contributed by atoms with van der Waals surface area (Å²) in [5, 5.41) is 14.1. The maximum absolute atomic E-state index is 12.8. The van der Waals surface area contributed by atoms with Crippen molar-refractivity contribution in [2.75, 3.05) is 38.0 Å². The van der Waals surface area contributed by atoms with Crippen LogP contribution in [0.15, 0.2) is 53.6 Å². The van der Waals surface area contributed by atoms with E-state index in [9.17, 15) is 24.5 Å². The largest absolute Gasteiger partial charge is 0.339 e. The molecule has 11 nitrogen and oxygen atoms in total. The molecule has 2 amide bonds. The highest BCUT2D eigenvalue weighted by Crippen LogP contribution is 2.17. The van der Waals surface area contributed by atoms with Gasteiger partial charge in [0.1, 0.15) is 6.54 Å². The lowest BCUT2D eigenvalue weighted by Gasteiger charge is -2.34. The first-order valence-corrected chi connectivity index (χ1v) is 11.4. The maximum atomic E-state index is 12.8. The molecule has 1 aromatic heterocycles. The highest BCUT2D eigenvalue weighted by atomic mass is 16.6. The highest BCUT2D eigenvalue weighted by Gasteiger charge is 2.23. The standard InChI is InChI=1S/C24H26N6O5/c1-2-17-5-3-4-6-20(17)26-22(31)14-27-9-11-28(12-10-27)23(32)15-29-16-25-21-13-18(30(34)35)7-8-19(21)24(29)33/h3-8,13,16H,2,9-12,14-15H2,1H3,(H,26,31). The summed E-state index contributed by atoms with van der Waals surface area (Å²) in [6.07, 6.45) is 2.06. The van der Waals surface area contributed by atoms with Crippen LogP contribution in [0.1, 0.15) is 12.5 Å². The van der Waals surface area contributed by atoms with Crippen molar-refractivity contribution in [3.8, 4) is 0 Å². The van der Waals surface area contributed by atoms with E-state index in [0.29, 0.717) is 26.2 Å². The Bertz CT molecular complexity index is 1330. The molecule has 11 heteroatoms. The maximum Gasteiger partial charge on any atom is 0.271 e. The molecule has 0 unspecified atom stereocenters. The van der Waals surface area contributed by atoms with Crippen molar-refractivity contribution in [2.24, 2.45) is 0 Å². The van der Waals surface area contributed by atoms with E-state index in [4.69, 9.17) is 0 Å². The summed E-state index contributed by atoms with van der Waals surface area (Å²) in [5.74, 6) is -0.323. The van der Waals surface area contributed by atoms with Crippen molar-refractivity contribution < 1.29 is 14.5 Å². The summed E-state index contributed by atoms with van der Waals surface area (Å²) in [5.41, 5.74) is 1.52. The Balaban J connectivity index is 1.32. The number of nitro benzene ring substituents is 1. The Morgan fingerprint density at radius 1 is 1.09 bits per heavy atom. The summed E-state index contributed by atoms with van der Waals surface area (Å²) in [6, 6.07) is 11.5. The van der Waals surface area contributed by atoms with E-state index in [1.165, 1.54) is 29.1 Å². The number of aromatic nitrogens is 2. The van der Waals surface area contributed by atoms with Crippen LogP contribution in [0.3, 0.4) is 0 Å². The molecule has 0 bridgehead atoms. The van der Waals surface area contributed by atoms with E-state index >= 15 is 0 Å². The molecule has 0 aliphatic carbocycles. The second kappa shape index (κ2) is 10.4. The van der Waals surface area contributed by atoms with Crippen LogP contribution in [0.25, 0.3) is 10.9 Å². The fourth-order valence-corrected chi connectivity index (χ4v) is 4.12. The smallest absolute Gasteiger partial charge is 0.271 e. The molecule has 0 saturated carbocycles. The zero-order valence-electron chi connectivity index (χ0n) is 19.3. The number of benzene rings is 2. The minimum atomic E-state index is -0.552. The van der Waals surface area contributed by atoms with Gasteiger partial charge in [0.25, 0.3) is 11.2 Å². The predicted octanol–water partition coefficient (Wildman–Crippen LogP) is 1.65. The summed E-state index contributed by atoms with van der Waals surface area (Å²) < 4.78 is 1.21. The van der Waals surface area contributed by atoms with Crippen LogP contribution < -0.4 is 10.9 Å². The van der Waals surface area contributed by atoms with Crippen molar-refractivity contribution in [3.05, 3.63) is 74.8 Å². The van der Waals surface area contributed by atoms with Gasteiger partial charge < -0.3 is 10.2 Å². The van der Waals surface area contributed by atoms with E-state index in [1.54, 1.807) is 4.90 Å². The lowest BCUT2D eigenvalue weighted by Crippen LogP contribution is -2.51. The number of nitrogens with zero attached hydrogens (tertiary/aromatic N) is 5.